The number of hydrogen-bond acceptors (Lipinski definition) is 5. The van der Waals surface area contributed by atoms with Gasteiger partial charge in [0.2, 0.25) is 0 Å². The van der Waals surface area contributed by atoms with Crippen molar-refractivity contribution in [2.75, 3.05) is 14.2 Å². The van der Waals surface area contributed by atoms with Crippen molar-refractivity contribution in [2.24, 2.45) is 5.10 Å². The summed E-state index contributed by atoms with van der Waals surface area (Å²) in [6, 6.07) is 13.4. The molecule has 8 nitrogen and oxygen atoms in total. The first-order chi connectivity index (χ1) is 14.8. The maximum absolute atomic E-state index is 12.4. The summed E-state index contributed by atoms with van der Waals surface area (Å²) < 4.78 is 12.4. The molecule has 0 aliphatic heterocycles. The van der Waals surface area contributed by atoms with Crippen molar-refractivity contribution in [1.29, 1.82) is 0 Å². The maximum atomic E-state index is 12.4. The molecule has 1 aromatic heterocycles. The fourth-order valence-corrected chi connectivity index (χ4v) is 3.23. The van der Waals surface area contributed by atoms with Crippen LogP contribution in [0.15, 0.2) is 53.6 Å². The molecule has 0 bridgehead atoms. The average molecular weight is 421 g/mol. The summed E-state index contributed by atoms with van der Waals surface area (Å²) in [7, 11) is 3.03. The third-order valence-electron chi connectivity index (χ3n) is 4.83. The molecule has 0 atom stereocenters. The van der Waals surface area contributed by atoms with Gasteiger partial charge in [-0.1, -0.05) is 0 Å². The van der Waals surface area contributed by atoms with Crippen molar-refractivity contribution in [3.8, 4) is 17.2 Å². The largest absolute Gasteiger partial charge is 0.497 e. The number of amides is 1. The number of rotatable bonds is 7. The van der Waals surface area contributed by atoms with Crippen molar-refractivity contribution in [3.63, 3.8) is 0 Å². The average Bonchev–Trinajstić information content (AvgIpc) is 3.06. The highest BCUT2D eigenvalue weighted by atomic mass is 16.5. The number of carboxylic acids is 1. The third-order valence-corrected chi connectivity index (χ3v) is 4.83. The van der Waals surface area contributed by atoms with Gasteiger partial charge >= 0.3 is 5.97 Å². The van der Waals surface area contributed by atoms with Gasteiger partial charge in [0.25, 0.3) is 5.91 Å². The molecule has 31 heavy (non-hydrogen) atoms. The van der Waals surface area contributed by atoms with Crippen LogP contribution in [-0.2, 0) is 0 Å². The lowest BCUT2D eigenvalue weighted by Crippen LogP contribution is -2.17. The van der Waals surface area contributed by atoms with E-state index in [-0.39, 0.29) is 5.56 Å². The van der Waals surface area contributed by atoms with Crippen molar-refractivity contribution in [3.05, 3.63) is 76.6 Å². The molecule has 0 aliphatic rings. The zero-order valence-corrected chi connectivity index (χ0v) is 17.7. The van der Waals surface area contributed by atoms with Crippen molar-refractivity contribution < 1.29 is 24.2 Å². The Kier molecular flexibility index (Phi) is 6.40. The van der Waals surface area contributed by atoms with Crippen LogP contribution >= 0.6 is 0 Å². The highest BCUT2D eigenvalue weighted by Crippen LogP contribution is 2.23. The van der Waals surface area contributed by atoms with Crippen molar-refractivity contribution in [2.45, 2.75) is 13.8 Å². The molecule has 0 saturated carbocycles. The molecule has 0 fully saturated rings. The molecule has 3 aromatic rings. The van der Waals surface area contributed by atoms with Crippen molar-refractivity contribution >= 4 is 18.1 Å². The molecule has 2 N–H and O–H groups in total. The van der Waals surface area contributed by atoms with Gasteiger partial charge in [0.15, 0.2) is 0 Å². The molecule has 0 spiro atoms. The number of hydrogen-bond donors (Lipinski definition) is 2. The molecular weight excluding hydrogens is 398 g/mol. The normalized spacial score (nSPS) is 10.8. The van der Waals surface area contributed by atoms with Crippen LogP contribution in [0, 0.1) is 13.8 Å². The van der Waals surface area contributed by atoms with E-state index in [9.17, 15) is 9.59 Å². The summed E-state index contributed by atoms with van der Waals surface area (Å²) in [6.07, 6.45) is 1.57. The second-order valence-electron chi connectivity index (χ2n) is 6.81. The first kappa shape index (κ1) is 21.6. The lowest BCUT2D eigenvalue weighted by molar-refractivity contribution is 0.0696. The number of hydrazone groups is 1. The number of ether oxygens (including phenoxy) is 2. The minimum absolute atomic E-state index is 0.227. The van der Waals surface area contributed by atoms with Crippen LogP contribution in [0.1, 0.15) is 37.7 Å². The Morgan fingerprint density at radius 2 is 1.58 bits per heavy atom. The SMILES string of the molecule is COc1cc(OC)cc(C(=O)N/N=C/c2cc(C)n(-c3ccc(C(=O)O)cc3)c2C)c1. The number of aryl methyl sites for hydroxylation is 1. The van der Waals surface area contributed by atoms with Crippen LogP contribution in [0.3, 0.4) is 0 Å². The summed E-state index contributed by atoms with van der Waals surface area (Å²) in [4.78, 5) is 23.5. The Morgan fingerprint density at radius 1 is 0.968 bits per heavy atom. The number of carbonyl (C=O) groups excluding carboxylic acids is 1. The standard InChI is InChI=1S/C23H23N3O5/c1-14-9-18(15(2)26(14)19-7-5-16(6-8-19)23(28)29)13-24-25-22(27)17-10-20(30-3)12-21(11-17)31-4/h5-13H,1-4H3,(H,25,27)(H,28,29)/b24-13+. The molecule has 8 heteroatoms. The minimum Gasteiger partial charge on any atom is -0.497 e. The minimum atomic E-state index is -0.968. The summed E-state index contributed by atoms with van der Waals surface area (Å²) in [5, 5.41) is 13.1. The highest BCUT2D eigenvalue weighted by molar-refractivity contribution is 5.95. The summed E-state index contributed by atoms with van der Waals surface area (Å²) in [6.45, 7) is 3.87. The van der Waals surface area contributed by atoms with Gasteiger partial charge in [0.05, 0.1) is 26.0 Å². The lowest BCUT2D eigenvalue weighted by Gasteiger charge is -2.10. The number of aromatic carboxylic acids is 1. The Hall–Kier alpha value is -4.07. The van der Waals surface area contributed by atoms with Crippen LogP contribution in [0.25, 0.3) is 5.69 Å². The number of nitrogens with zero attached hydrogens (tertiary/aromatic N) is 2. The van der Waals surface area contributed by atoms with Crippen LogP contribution < -0.4 is 14.9 Å². The fraction of sp³-hybridized carbons (Fsp3) is 0.174. The molecule has 160 valence electrons. The van der Waals surface area contributed by atoms with Crippen LogP contribution in [0.4, 0.5) is 0 Å². The number of benzene rings is 2. The van der Waals surface area contributed by atoms with Gasteiger partial charge in [-0.05, 0) is 56.3 Å². The zero-order valence-electron chi connectivity index (χ0n) is 17.7. The molecule has 3 rings (SSSR count). The van der Waals surface area contributed by atoms with E-state index in [4.69, 9.17) is 14.6 Å². The lowest BCUT2D eigenvalue weighted by atomic mass is 10.2. The van der Waals surface area contributed by atoms with E-state index in [1.807, 2.05) is 24.5 Å². The Labute approximate surface area is 179 Å². The number of carboxylic acid groups (broad SMARTS) is 1. The van der Waals surface area contributed by atoms with Gasteiger partial charge in [-0.25, -0.2) is 10.2 Å². The fourth-order valence-electron chi connectivity index (χ4n) is 3.23. The molecule has 1 heterocycles. The van der Waals surface area contributed by atoms with E-state index < -0.39 is 11.9 Å². The summed E-state index contributed by atoms with van der Waals surface area (Å²) in [5.74, 6) is -0.354. The molecule has 0 saturated heterocycles. The summed E-state index contributed by atoms with van der Waals surface area (Å²) >= 11 is 0. The van der Waals surface area contributed by atoms with E-state index in [1.54, 1.807) is 48.7 Å². The van der Waals surface area contributed by atoms with E-state index in [2.05, 4.69) is 10.5 Å². The topological polar surface area (TPSA) is 102 Å². The Bertz CT molecular complexity index is 1120. The van der Waals surface area contributed by atoms with Gasteiger partial charge in [-0.3, -0.25) is 4.79 Å². The third kappa shape index (κ3) is 4.75. The summed E-state index contributed by atoms with van der Waals surface area (Å²) in [5.41, 5.74) is 6.61. The second kappa shape index (κ2) is 9.17. The quantitative estimate of drug-likeness (QED) is 0.449. The van der Waals surface area contributed by atoms with Gasteiger partial charge in [-0.2, -0.15) is 5.10 Å². The first-order valence-corrected chi connectivity index (χ1v) is 9.43. The van der Waals surface area contributed by atoms with E-state index >= 15 is 0 Å². The van der Waals surface area contributed by atoms with Crippen molar-refractivity contribution in [1.82, 2.24) is 9.99 Å². The number of methoxy groups -OCH3 is 2. The number of nitrogens with one attached hydrogen (secondary N) is 1. The van der Waals surface area contributed by atoms with E-state index in [0.717, 1.165) is 22.6 Å². The van der Waals surface area contributed by atoms with Gasteiger partial charge in [0, 0.05) is 34.3 Å². The molecule has 2 aromatic carbocycles. The van der Waals surface area contributed by atoms with Crippen LogP contribution in [0.2, 0.25) is 0 Å². The molecule has 0 radical (unpaired) electrons. The number of carbonyl (C=O) groups is 2. The smallest absolute Gasteiger partial charge is 0.335 e. The number of aromatic nitrogens is 1. The monoisotopic (exact) mass is 421 g/mol. The van der Waals surface area contributed by atoms with Gasteiger partial charge in [0.1, 0.15) is 11.5 Å². The molecule has 0 unspecified atom stereocenters. The van der Waals surface area contributed by atoms with E-state index in [0.29, 0.717) is 17.1 Å². The zero-order chi connectivity index (χ0) is 22.5. The van der Waals surface area contributed by atoms with E-state index in [1.165, 1.54) is 14.2 Å². The Morgan fingerprint density at radius 3 is 2.13 bits per heavy atom. The highest BCUT2D eigenvalue weighted by Gasteiger charge is 2.12. The van der Waals surface area contributed by atoms with Gasteiger partial charge in [-0.15, -0.1) is 0 Å². The van der Waals surface area contributed by atoms with Crippen LogP contribution in [0.5, 0.6) is 11.5 Å². The molecular formula is C23H23N3O5. The molecule has 1 amide bonds. The predicted molar refractivity (Wildman–Crippen MR) is 117 cm³/mol. The maximum Gasteiger partial charge on any atom is 0.335 e. The Balaban J connectivity index is 1.78. The van der Waals surface area contributed by atoms with Gasteiger partial charge < -0.3 is 19.1 Å². The second-order valence-corrected chi connectivity index (χ2v) is 6.81. The molecule has 0 aliphatic carbocycles. The predicted octanol–water partition coefficient (Wildman–Crippen LogP) is 3.57. The first-order valence-electron chi connectivity index (χ1n) is 9.43. The van der Waals surface area contributed by atoms with Crippen LogP contribution in [-0.4, -0.2) is 42.0 Å².